The van der Waals surface area contributed by atoms with Gasteiger partial charge in [0.25, 0.3) is 10.0 Å². The van der Waals surface area contributed by atoms with Gasteiger partial charge in [-0.1, -0.05) is 19.1 Å². The Hall–Kier alpha value is -3.17. The van der Waals surface area contributed by atoms with Crippen LogP contribution >= 0.6 is 11.3 Å². The standard InChI is InChI=1S/C20H18N4O3S2/c1-2-19(25)21-15-6-8-17(9-7-15)29(26,27)23-16-5-3-4-14(12-16)18-13-24-10-11-28-20(24)22-18/h3-13,23H,2H2,1H3,(H,21,25). The van der Waals surface area contributed by atoms with Crippen LogP contribution < -0.4 is 10.0 Å². The summed E-state index contributed by atoms with van der Waals surface area (Å²) in [6, 6.07) is 13.2. The molecule has 9 heteroatoms. The molecule has 1 amide bonds. The maximum atomic E-state index is 12.7. The van der Waals surface area contributed by atoms with Crippen LogP contribution in [0.4, 0.5) is 11.4 Å². The number of rotatable bonds is 6. The van der Waals surface area contributed by atoms with Crippen LogP contribution in [0.3, 0.4) is 0 Å². The van der Waals surface area contributed by atoms with Gasteiger partial charge >= 0.3 is 0 Å². The number of amides is 1. The second kappa shape index (κ2) is 7.69. The van der Waals surface area contributed by atoms with E-state index in [0.29, 0.717) is 17.8 Å². The molecule has 0 aliphatic rings. The predicted octanol–water partition coefficient (Wildman–Crippen LogP) is 4.21. The molecule has 0 saturated heterocycles. The first-order chi connectivity index (χ1) is 13.9. The van der Waals surface area contributed by atoms with E-state index in [1.807, 2.05) is 28.2 Å². The van der Waals surface area contributed by atoms with E-state index >= 15 is 0 Å². The normalized spacial score (nSPS) is 11.5. The zero-order valence-corrected chi connectivity index (χ0v) is 17.1. The lowest BCUT2D eigenvalue weighted by Crippen LogP contribution is -2.13. The van der Waals surface area contributed by atoms with Gasteiger partial charge in [0.1, 0.15) is 0 Å². The molecule has 0 radical (unpaired) electrons. The van der Waals surface area contributed by atoms with Crippen molar-refractivity contribution >= 4 is 43.6 Å². The maximum Gasteiger partial charge on any atom is 0.261 e. The Balaban J connectivity index is 1.55. The van der Waals surface area contributed by atoms with E-state index in [2.05, 4.69) is 15.0 Å². The topological polar surface area (TPSA) is 92.6 Å². The highest BCUT2D eigenvalue weighted by molar-refractivity contribution is 7.92. The van der Waals surface area contributed by atoms with E-state index in [9.17, 15) is 13.2 Å². The van der Waals surface area contributed by atoms with E-state index in [4.69, 9.17) is 0 Å². The Morgan fingerprint density at radius 2 is 1.93 bits per heavy atom. The summed E-state index contributed by atoms with van der Waals surface area (Å²) in [7, 11) is -3.76. The van der Waals surface area contributed by atoms with E-state index in [1.54, 1.807) is 37.3 Å². The van der Waals surface area contributed by atoms with E-state index in [-0.39, 0.29) is 10.8 Å². The Kier molecular flexibility index (Phi) is 5.08. The van der Waals surface area contributed by atoms with Crippen molar-refractivity contribution in [2.45, 2.75) is 18.2 Å². The third-order valence-electron chi connectivity index (χ3n) is 4.27. The summed E-state index contributed by atoms with van der Waals surface area (Å²) in [6.07, 6.45) is 4.19. The second-order valence-electron chi connectivity index (χ2n) is 6.33. The molecule has 0 fully saturated rings. The SMILES string of the molecule is CCC(=O)Nc1ccc(S(=O)(=O)Nc2cccc(-c3cn4ccsc4n3)c2)cc1. The van der Waals surface area contributed by atoms with Crippen LogP contribution in [0.5, 0.6) is 0 Å². The molecule has 7 nitrogen and oxygen atoms in total. The third-order valence-corrected chi connectivity index (χ3v) is 6.44. The number of anilines is 2. The highest BCUT2D eigenvalue weighted by atomic mass is 32.2. The first kappa shape index (κ1) is 19.2. The number of fused-ring (bicyclic) bond motifs is 1. The van der Waals surface area contributed by atoms with Crippen LogP contribution in [0.15, 0.2) is 71.2 Å². The summed E-state index contributed by atoms with van der Waals surface area (Å²) in [5.74, 6) is -0.130. The molecule has 148 valence electrons. The number of thiazole rings is 1. The molecule has 29 heavy (non-hydrogen) atoms. The molecule has 2 N–H and O–H groups in total. The first-order valence-corrected chi connectivity index (χ1v) is 11.3. The van der Waals surface area contributed by atoms with Crippen LogP contribution in [0, 0.1) is 0 Å². The monoisotopic (exact) mass is 426 g/mol. The molecule has 0 aliphatic heterocycles. The first-order valence-electron chi connectivity index (χ1n) is 8.90. The Morgan fingerprint density at radius 3 is 2.66 bits per heavy atom. The molecule has 0 spiro atoms. The number of hydrogen-bond donors (Lipinski definition) is 2. The lowest BCUT2D eigenvalue weighted by atomic mass is 10.1. The number of aromatic nitrogens is 2. The van der Waals surface area contributed by atoms with E-state index in [1.165, 1.54) is 23.5 Å². The van der Waals surface area contributed by atoms with Gasteiger partial charge in [-0.15, -0.1) is 11.3 Å². The number of sulfonamides is 1. The molecular formula is C20H18N4O3S2. The van der Waals surface area contributed by atoms with Gasteiger partial charge in [-0.3, -0.25) is 13.9 Å². The Labute approximate surface area is 172 Å². The van der Waals surface area contributed by atoms with Crippen molar-refractivity contribution in [3.05, 3.63) is 66.3 Å². The van der Waals surface area contributed by atoms with Crippen molar-refractivity contribution < 1.29 is 13.2 Å². The van der Waals surface area contributed by atoms with Gasteiger partial charge in [0, 0.05) is 41.1 Å². The summed E-state index contributed by atoms with van der Waals surface area (Å²) in [6.45, 7) is 1.75. The number of nitrogens with one attached hydrogen (secondary N) is 2. The van der Waals surface area contributed by atoms with Gasteiger partial charge in [0.15, 0.2) is 4.96 Å². The van der Waals surface area contributed by atoms with Crippen LogP contribution in [-0.2, 0) is 14.8 Å². The molecule has 2 aromatic carbocycles. The number of imidazole rings is 1. The molecular weight excluding hydrogens is 408 g/mol. The highest BCUT2D eigenvalue weighted by Crippen LogP contribution is 2.25. The number of carbonyl (C=O) groups is 1. The molecule has 2 heterocycles. The molecule has 4 rings (SSSR count). The smallest absolute Gasteiger partial charge is 0.261 e. The van der Waals surface area contributed by atoms with Crippen molar-refractivity contribution in [1.82, 2.24) is 9.38 Å². The summed E-state index contributed by atoms with van der Waals surface area (Å²) < 4.78 is 30.0. The fourth-order valence-corrected chi connectivity index (χ4v) is 4.54. The highest BCUT2D eigenvalue weighted by Gasteiger charge is 2.15. The fourth-order valence-electron chi connectivity index (χ4n) is 2.79. The molecule has 0 bridgehead atoms. The lowest BCUT2D eigenvalue weighted by Gasteiger charge is -2.10. The van der Waals surface area contributed by atoms with Crippen LogP contribution in [-0.4, -0.2) is 23.7 Å². The largest absolute Gasteiger partial charge is 0.326 e. The molecule has 0 saturated carbocycles. The molecule has 0 unspecified atom stereocenters. The van der Waals surface area contributed by atoms with Crippen molar-refractivity contribution in [3.8, 4) is 11.3 Å². The van der Waals surface area contributed by atoms with Crippen LogP contribution in [0.2, 0.25) is 0 Å². The fraction of sp³-hybridized carbons (Fsp3) is 0.100. The summed E-state index contributed by atoms with van der Waals surface area (Å²) in [5.41, 5.74) is 2.59. The molecule has 4 aromatic rings. The van der Waals surface area contributed by atoms with Crippen molar-refractivity contribution in [1.29, 1.82) is 0 Å². The van der Waals surface area contributed by atoms with E-state index in [0.717, 1.165) is 16.2 Å². The third kappa shape index (κ3) is 4.15. The minimum absolute atomic E-state index is 0.111. The Bertz CT molecular complexity index is 1250. The van der Waals surface area contributed by atoms with Crippen molar-refractivity contribution in [3.63, 3.8) is 0 Å². The summed E-state index contributed by atoms with van der Waals surface area (Å²) in [4.78, 5) is 17.0. The molecule has 2 aromatic heterocycles. The summed E-state index contributed by atoms with van der Waals surface area (Å²) in [5, 5.41) is 4.65. The van der Waals surface area contributed by atoms with Gasteiger partial charge in [0.05, 0.1) is 10.6 Å². The van der Waals surface area contributed by atoms with Gasteiger partial charge in [-0.2, -0.15) is 0 Å². The molecule has 0 aliphatic carbocycles. The number of hydrogen-bond acceptors (Lipinski definition) is 5. The summed E-state index contributed by atoms with van der Waals surface area (Å²) >= 11 is 1.53. The molecule has 0 atom stereocenters. The van der Waals surface area contributed by atoms with Crippen molar-refractivity contribution in [2.24, 2.45) is 0 Å². The average Bonchev–Trinajstić information content (AvgIpc) is 3.30. The van der Waals surface area contributed by atoms with E-state index < -0.39 is 10.0 Å². The quantitative estimate of drug-likeness (QED) is 0.483. The number of benzene rings is 2. The van der Waals surface area contributed by atoms with Crippen molar-refractivity contribution in [2.75, 3.05) is 10.0 Å². The minimum Gasteiger partial charge on any atom is -0.326 e. The number of carbonyl (C=O) groups excluding carboxylic acids is 1. The maximum absolute atomic E-state index is 12.7. The minimum atomic E-state index is -3.76. The predicted molar refractivity (Wildman–Crippen MR) is 115 cm³/mol. The number of nitrogens with zero attached hydrogens (tertiary/aromatic N) is 2. The van der Waals surface area contributed by atoms with Gasteiger partial charge < -0.3 is 5.32 Å². The van der Waals surface area contributed by atoms with Crippen LogP contribution in [0.25, 0.3) is 16.2 Å². The zero-order valence-electron chi connectivity index (χ0n) is 15.5. The van der Waals surface area contributed by atoms with Gasteiger partial charge in [0.2, 0.25) is 5.91 Å². The second-order valence-corrected chi connectivity index (χ2v) is 8.89. The van der Waals surface area contributed by atoms with Gasteiger partial charge in [-0.05, 0) is 36.4 Å². The zero-order chi connectivity index (χ0) is 20.4. The van der Waals surface area contributed by atoms with Crippen LogP contribution in [0.1, 0.15) is 13.3 Å². The Morgan fingerprint density at radius 1 is 1.14 bits per heavy atom. The lowest BCUT2D eigenvalue weighted by molar-refractivity contribution is -0.115. The average molecular weight is 427 g/mol. The van der Waals surface area contributed by atoms with Gasteiger partial charge in [-0.25, -0.2) is 13.4 Å².